The van der Waals surface area contributed by atoms with Crippen LogP contribution in [0.3, 0.4) is 0 Å². The molecule has 0 radical (unpaired) electrons. The van der Waals surface area contributed by atoms with E-state index in [1.54, 1.807) is 32.2 Å². The van der Waals surface area contributed by atoms with E-state index in [0.29, 0.717) is 29.4 Å². The van der Waals surface area contributed by atoms with Crippen molar-refractivity contribution in [3.63, 3.8) is 0 Å². The summed E-state index contributed by atoms with van der Waals surface area (Å²) >= 11 is 0. The highest BCUT2D eigenvalue weighted by molar-refractivity contribution is 7.89. The van der Waals surface area contributed by atoms with Crippen molar-refractivity contribution in [2.24, 2.45) is 0 Å². The molecule has 1 aromatic carbocycles. The van der Waals surface area contributed by atoms with Crippen molar-refractivity contribution in [1.29, 1.82) is 0 Å². The van der Waals surface area contributed by atoms with Crippen molar-refractivity contribution in [2.45, 2.75) is 37.8 Å². The maximum Gasteiger partial charge on any atom is 0.243 e. The molecule has 0 aromatic heterocycles. The quantitative estimate of drug-likeness (QED) is 0.854. The normalized spacial score (nSPS) is 24.6. The average molecular weight is 299 g/mol. The molecule has 0 spiro atoms. The van der Waals surface area contributed by atoms with Gasteiger partial charge in [0.1, 0.15) is 5.75 Å². The highest BCUT2D eigenvalue weighted by Gasteiger charge is 2.34. The van der Waals surface area contributed by atoms with Gasteiger partial charge in [-0.15, -0.1) is 0 Å². The average Bonchev–Trinajstić information content (AvgIpc) is 2.40. The van der Waals surface area contributed by atoms with Gasteiger partial charge in [-0.1, -0.05) is 0 Å². The minimum atomic E-state index is -3.50. The third-order valence-electron chi connectivity index (χ3n) is 3.52. The highest BCUT2D eigenvalue weighted by Crippen LogP contribution is 2.27. The van der Waals surface area contributed by atoms with Crippen LogP contribution in [0.4, 0.5) is 0 Å². The molecule has 0 bridgehead atoms. The SMILES string of the molecule is COc1ccc(S(=O)(=O)N2CC(C)OCC2C)c(C)c1. The van der Waals surface area contributed by atoms with Gasteiger partial charge >= 0.3 is 0 Å². The van der Waals surface area contributed by atoms with Crippen LogP contribution in [0.25, 0.3) is 0 Å². The first-order valence-electron chi connectivity index (χ1n) is 6.64. The Bertz CT molecular complexity index is 585. The molecule has 1 aromatic rings. The largest absolute Gasteiger partial charge is 0.497 e. The molecule has 0 amide bonds. The number of nitrogens with zero attached hydrogens (tertiary/aromatic N) is 1. The van der Waals surface area contributed by atoms with Gasteiger partial charge in [-0.3, -0.25) is 0 Å². The van der Waals surface area contributed by atoms with Gasteiger partial charge in [-0.25, -0.2) is 8.42 Å². The summed E-state index contributed by atoms with van der Waals surface area (Å²) in [4.78, 5) is 0.333. The molecule has 0 saturated carbocycles. The van der Waals surface area contributed by atoms with E-state index in [4.69, 9.17) is 9.47 Å². The Morgan fingerprint density at radius 2 is 2.05 bits per heavy atom. The molecular weight excluding hydrogens is 278 g/mol. The van der Waals surface area contributed by atoms with Crippen molar-refractivity contribution in [2.75, 3.05) is 20.3 Å². The highest BCUT2D eigenvalue weighted by atomic mass is 32.2. The van der Waals surface area contributed by atoms with E-state index in [2.05, 4.69) is 0 Å². The Kier molecular flexibility index (Phi) is 4.36. The van der Waals surface area contributed by atoms with Crippen LogP contribution in [0.5, 0.6) is 5.75 Å². The van der Waals surface area contributed by atoms with Crippen LogP contribution in [0, 0.1) is 6.92 Å². The van der Waals surface area contributed by atoms with Crippen molar-refractivity contribution in [3.05, 3.63) is 23.8 Å². The molecule has 1 aliphatic heterocycles. The first-order chi connectivity index (χ1) is 9.36. The van der Waals surface area contributed by atoms with Gasteiger partial charge in [-0.2, -0.15) is 4.31 Å². The Morgan fingerprint density at radius 3 is 2.65 bits per heavy atom. The summed E-state index contributed by atoms with van der Waals surface area (Å²) in [6, 6.07) is 4.87. The third kappa shape index (κ3) is 2.82. The fourth-order valence-corrected chi connectivity index (χ4v) is 4.27. The number of morpholine rings is 1. The predicted molar refractivity (Wildman–Crippen MR) is 76.5 cm³/mol. The number of hydrogen-bond acceptors (Lipinski definition) is 4. The second-order valence-corrected chi connectivity index (χ2v) is 7.06. The van der Waals surface area contributed by atoms with Gasteiger partial charge in [0.2, 0.25) is 10.0 Å². The Labute approximate surface area is 120 Å². The molecule has 0 aliphatic carbocycles. The number of aryl methyl sites for hydroxylation is 1. The number of benzene rings is 1. The lowest BCUT2D eigenvalue weighted by atomic mass is 10.2. The van der Waals surface area contributed by atoms with Crippen LogP contribution in [-0.4, -0.2) is 45.1 Å². The summed E-state index contributed by atoms with van der Waals surface area (Å²) in [7, 11) is -1.94. The van der Waals surface area contributed by atoms with Crippen LogP contribution in [0.15, 0.2) is 23.1 Å². The van der Waals surface area contributed by atoms with Crippen LogP contribution >= 0.6 is 0 Å². The zero-order valence-electron chi connectivity index (χ0n) is 12.3. The molecule has 6 heteroatoms. The van der Waals surface area contributed by atoms with E-state index >= 15 is 0 Å². The van der Waals surface area contributed by atoms with Gasteiger partial charge in [0.15, 0.2) is 0 Å². The second kappa shape index (κ2) is 5.71. The summed E-state index contributed by atoms with van der Waals surface area (Å²) in [5, 5.41) is 0. The van der Waals surface area contributed by atoms with Crippen molar-refractivity contribution in [3.8, 4) is 5.75 Å². The summed E-state index contributed by atoms with van der Waals surface area (Å²) < 4.78 is 37.7. The lowest BCUT2D eigenvalue weighted by molar-refractivity contribution is -0.0170. The van der Waals surface area contributed by atoms with E-state index in [0.717, 1.165) is 0 Å². The van der Waals surface area contributed by atoms with Gasteiger partial charge in [0.05, 0.1) is 24.7 Å². The molecule has 1 saturated heterocycles. The van der Waals surface area contributed by atoms with Crippen LogP contribution in [0.1, 0.15) is 19.4 Å². The molecule has 1 heterocycles. The van der Waals surface area contributed by atoms with Gasteiger partial charge < -0.3 is 9.47 Å². The zero-order chi connectivity index (χ0) is 14.9. The number of sulfonamides is 1. The molecule has 2 atom stereocenters. The van der Waals surface area contributed by atoms with Crippen molar-refractivity contribution >= 4 is 10.0 Å². The fourth-order valence-electron chi connectivity index (χ4n) is 2.37. The number of ether oxygens (including phenoxy) is 2. The van der Waals surface area contributed by atoms with Crippen LogP contribution in [0.2, 0.25) is 0 Å². The Hall–Kier alpha value is -1.11. The summed E-state index contributed by atoms with van der Waals surface area (Å²) in [6.07, 6.45) is -0.0838. The molecule has 20 heavy (non-hydrogen) atoms. The van der Waals surface area contributed by atoms with E-state index in [1.807, 2.05) is 13.8 Å². The lowest BCUT2D eigenvalue weighted by Gasteiger charge is -2.36. The first-order valence-corrected chi connectivity index (χ1v) is 8.08. The van der Waals surface area contributed by atoms with Crippen LogP contribution < -0.4 is 4.74 Å². The van der Waals surface area contributed by atoms with Gasteiger partial charge in [0, 0.05) is 12.6 Å². The summed E-state index contributed by atoms with van der Waals surface area (Å²) in [5.74, 6) is 0.657. The Balaban J connectivity index is 2.39. The summed E-state index contributed by atoms with van der Waals surface area (Å²) in [6.45, 7) is 6.34. The molecule has 112 valence electrons. The van der Waals surface area contributed by atoms with E-state index in [9.17, 15) is 8.42 Å². The molecule has 2 rings (SSSR count). The predicted octanol–water partition coefficient (Wildman–Crippen LogP) is 1.80. The zero-order valence-corrected chi connectivity index (χ0v) is 13.1. The standard InChI is InChI=1S/C14H21NO4S/c1-10-7-13(18-4)5-6-14(10)20(16,17)15-8-12(3)19-9-11(15)2/h5-7,11-12H,8-9H2,1-4H3. The van der Waals surface area contributed by atoms with E-state index < -0.39 is 10.0 Å². The molecule has 0 N–H and O–H groups in total. The van der Waals surface area contributed by atoms with E-state index in [-0.39, 0.29) is 12.1 Å². The maximum absolute atomic E-state index is 12.8. The smallest absolute Gasteiger partial charge is 0.243 e. The molecule has 1 fully saturated rings. The molecule has 5 nitrogen and oxygen atoms in total. The molecule has 1 aliphatic rings. The number of methoxy groups -OCH3 is 1. The van der Waals surface area contributed by atoms with Crippen molar-refractivity contribution in [1.82, 2.24) is 4.31 Å². The number of hydrogen-bond donors (Lipinski definition) is 0. The lowest BCUT2D eigenvalue weighted by Crippen LogP contribution is -2.50. The fraction of sp³-hybridized carbons (Fsp3) is 0.571. The van der Waals surface area contributed by atoms with Gasteiger partial charge in [-0.05, 0) is 44.5 Å². The van der Waals surface area contributed by atoms with E-state index in [1.165, 1.54) is 4.31 Å². The molecule has 2 unspecified atom stereocenters. The maximum atomic E-state index is 12.8. The summed E-state index contributed by atoms with van der Waals surface area (Å²) in [5.41, 5.74) is 0.690. The third-order valence-corrected chi connectivity index (χ3v) is 5.66. The minimum Gasteiger partial charge on any atom is -0.497 e. The Morgan fingerprint density at radius 1 is 1.35 bits per heavy atom. The molecular formula is C14H21NO4S. The number of rotatable bonds is 3. The topological polar surface area (TPSA) is 55.8 Å². The minimum absolute atomic E-state index is 0.0838. The van der Waals surface area contributed by atoms with Crippen molar-refractivity contribution < 1.29 is 17.9 Å². The first kappa shape index (κ1) is 15.3. The monoisotopic (exact) mass is 299 g/mol. The van der Waals surface area contributed by atoms with Gasteiger partial charge in [0.25, 0.3) is 0 Å². The second-order valence-electron chi connectivity index (χ2n) is 5.20. The van der Waals surface area contributed by atoms with Crippen LogP contribution in [-0.2, 0) is 14.8 Å².